The number of benzene rings is 1. The van der Waals surface area contributed by atoms with Crippen LogP contribution in [0.3, 0.4) is 0 Å². The Hall–Kier alpha value is -1.01. The maximum absolute atomic E-state index is 8.81. The first kappa shape index (κ1) is 9.08. The van der Waals surface area contributed by atoms with Crippen LogP contribution in [0.2, 0.25) is 0 Å². The zero-order chi connectivity index (χ0) is 8.97. The van der Waals surface area contributed by atoms with Gasteiger partial charge in [-0.2, -0.15) is 5.26 Å². The molecule has 0 radical (unpaired) electrons. The lowest BCUT2D eigenvalue weighted by Crippen LogP contribution is -1.91. The number of nitriles is 1. The van der Waals surface area contributed by atoms with Crippen LogP contribution in [0.5, 0.6) is 5.75 Å². The monoisotopic (exact) mass is 225 g/mol. The van der Waals surface area contributed by atoms with Gasteiger partial charge in [-0.3, -0.25) is 0 Å². The van der Waals surface area contributed by atoms with Crippen molar-refractivity contribution >= 4 is 15.9 Å². The van der Waals surface area contributed by atoms with Gasteiger partial charge in [-0.15, -0.1) is 0 Å². The molecule has 0 N–H and O–H groups in total. The fourth-order valence-corrected chi connectivity index (χ4v) is 1.45. The third-order valence-electron chi connectivity index (χ3n) is 1.59. The van der Waals surface area contributed by atoms with Crippen LogP contribution in [-0.2, 0) is 5.33 Å². The van der Waals surface area contributed by atoms with E-state index in [0.29, 0.717) is 16.6 Å². The summed E-state index contributed by atoms with van der Waals surface area (Å²) in [5, 5.41) is 9.48. The first-order valence-electron chi connectivity index (χ1n) is 3.45. The zero-order valence-corrected chi connectivity index (χ0v) is 8.26. The lowest BCUT2D eigenvalue weighted by Gasteiger charge is -2.04. The quantitative estimate of drug-likeness (QED) is 0.725. The molecule has 1 rings (SSSR count). The molecule has 62 valence electrons. The van der Waals surface area contributed by atoms with Crippen LogP contribution in [0.4, 0.5) is 0 Å². The van der Waals surface area contributed by atoms with E-state index in [-0.39, 0.29) is 0 Å². The van der Waals surface area contributed by atoms with E-state index in [0.717, 1.165) is 5.56 Å². The molecule has 0 bridgehead atoms. The van der Waals surface area contributed by atoms with Crippen LogP contribution in [0.25, 0.3) is 0 Å². The Bertz CT molecular complexity index is 295. The van der Waals surface area contributed by atoms with Gasteiger partial charge in [-0.25, -0.2) is 0 Å². The molecule has 1 aromatic rings. The first-order valence-corrected chi connectivity index (χ1v) is 4.57. The van der Waals surface area contributed by atoms with Gasteiger partial charge < -0.3 is 4.74 Å². The molecule has 0 aliphatic heterocycles. The van der Waals surface area contributed by atoms with E-state index in [4.69, 9.17) is 10.00 Å². The Morgan fingerprint density at radius 2 is 2.33 bits per heavy atom. The normalized spacial score (nSPS) is 9.08. The van der Waals surface area contributed by atoms with Crippen LogP contribution in [0.15, 0.2) is 18.2 Å². The number of hydrogen-bond acceptors (Lipinski definition) is 2. The van der Waals surface area contributed by atoms with E-state index in [2.05, 4.69) is 22.0 Å². The molecule has 0 spiro atoms. The van der Waals surface area contributed by atoms with Crippen molar-refractivity contribution < 1.29 is 4.74 Å². The minimum absolute atomic E-state index is 0.608. The summed E-state index contributed by atoms with van der Waals surface area (Å²) in [5.41, 5.74) is 1.56. The van der Waals surface area contributed by atoms with Gasteiger partial charge in [0.2, 0.25) is 0 Å². The maximum atomic E-state index is 8.81. The molecular formula is C9H8BrNO. The van der Waals surface area contributed by atoms with Crippen molar-refractivity contribution in [3.63, 3.8) is 0 Å². The number of halogens is 1. The molecular weight excluding hydrogens is 218 g/mol. The van der Waals surface area contributed by atoms with Gasteiger partial charge in [0, 0.05) is 5.33 Å². The molecule has 0 atom stereocenters. The molecule has 0 heterocycles. The van der Waals surface area contributed by atoms with Crippen molar-refractivity contribution in [2.45, 2.75) is 5.33 Å². The fraction of sp³-hybridized carbons (Fsp3) is 0.222. The second-order valence-electron chi connectivity index (χ2n) is 2.24. The Morgan fingerprint density at radius 1 is 1.58 bits per heavy atom. The van der Waals surface area contributed by atoms with Crippen LogP contribution in [-0.4, -0.2) is 7.11 Å². The highest BCUT2D eigenvalue weighted by molar-refractivity contribution is 9.08. The summed E-state index contributed by atoms with van der Waals surface area (Å²) in [6.45, 7) is 0. The molecule has 12 heavy (non-hydrogen) atoms. The fourth-order valence-electron chi connectivity index (χ4n) is 0.985. The Morgan fingerprint density at radius 3 is 2.83 bits per heavy atom. The van der Waals surface area contributed by atoms with E-state index in [1.807, 2.05) is 12.1 Å². The standard InChI is InChI=1S/C9H8BrNO/c1-12-9-4-2-3-7(5-10)8(9)6-11/h2-4H,5H2,1H3. The van der Waals surface area contributed by atoms with Crippen LogP contribution < -0.4 is 4.74 Å². The summed E-state index contributed by atoms with van der Waals surface area (Å²) in [7, 11) is 1.56. The van der Waals surface area contributed by atoms with Crippen molar-refractivity contribution in [1.29, 1.82) is 5.26 Å². The van der Waals surface area contributed by atoms with E-state index >= 15 is 0 Å². The highest BCUT2D eigenvalue weighted by atomic mass is 79.9. The average molecular weight is 226 g/mol. The highest BCUT2D eigenvalue weighted by Crippen LogP contribution is 2.22. The largest absolute Gasteiger partial charge is 0.495 e. The van der Waals surface area contributed by atoms with Crippen molar-refractivity contribution in [2.24, 2.45) is 0 Å². The number of nitrogens with zero attached hydrogens (tertiary/aromatic N) is 1. The third kappa shape index (κ3) is 1.59. The molecule has 0 aliphatic rings. The summed E-state index contributed by atoms with van der Waals surface area (Å²) >= 11 is 3.31. The minimum atomic E-state index is 0.608. The summed E-state index contributed by atoms with van der Waals surface area (Å²) in [5.74, 6) is 0.634. The molecule has 0 amide bonds. The summed E-state index contributed by atoms with van der Waals surface area (Å²) in [6, 6.07) is 7.66. The molecule has 0 aromatic heterocycles. The third-order valence-corrected chi connectivity index (χ3v) is 2.19. The van der Waals surface area contributed by atoms with Gasteiger partial charge in [-0.1, -0.05) is 28.1 Å². The van der Waals surface area contributed by atoms with Gasteiger partial charge in [0.15, 0.2) is 0 Å². The van der Waals surface area contributed by atoms with Gasteiger partial charge in [0.05, 0.1) is 12.7 Å². The minimum Gasteiger partial charge on any atom is -0.495 e. The first-order chi connectivity index (χ1) is 5.83. The van der Waals surface area contributed by atoms with E-state index in [1.165, 1.54) is 0 Å². The lowest BCUT2D eigenvalue weighted by atomic mass is 10.1. The second-order valence-corrected chi connectivity index (χ2v) is 2.80. The van der Waals surface area contributed by atoms with Gasteiger partial charge in [-0.05, 0) is 11.6 Å². The van der Waals surface area contributed by atoms with Crippen molar-refractivity contribution in [3.05, 3.63) is 29.3 Å². The smallest absolute Gasteiger partial charge is 0.136 e. The van der Waals surface area contributed by atoms with Gasteiger partial charge in [0.1, 0.15) is 11.8 Å². The van der Waals surface area contributed by atoms with E-state index in [9.17, 15) is 0 Å². The van der Waals surface area contributed by atoms with E-state index < -0.39 is 0 Å². The summed E-state index contributed by atoms with van der Waals surface area (Å²) < 4.78 is 5.04. The Balaban J connectivity index is 3.25. The molecule has 0 fully saturated rings. The maximum Gasteiger partial charge on any atom is 0.136 e. The van der Waals surface area contributed by atoms with Crippen molar-refractivity contribution in [3.8, 4) is 11.8 Å². The Kier molecular flexibility index (Phi) is 3.12. The zero-order valence-electron chi connectivity index (χ0n) is 6.67. The number of methoxy groups -OCH3 is 1. The van der Waals surface area contributed by atoms with Crippen LogP contribution in [0, 0.1) is 11.3 Å². The van der Waals surface area contributed by atoms with Crippen LogP contribution >= 0.6 is 15.9 Å². The molecule has 0 aliphatic carbocycles. The predicted molar refractivity (Wildman–Crippen MR) is 50.3 cm³/mol. The molecule has 0 saturated heterocycles. The molecule has 2 nitrogen and oxygen atoms in total. The number of ether oxygens (including phenoxy) is 1. The van der Waals surface area contributed by atoms with Gasteiger partial charge in [0.25, 0.3) is 0 Å². The van der Waals surface area contributed by atoms with Crippen molar-refractivity contribution in [1.82, 2.24) is 0 Å². The second kappa shape index (κ2) is 4.13. The molecule has 3 heteroatoms. The summed E-state index contributed by atoms with van der Waals surface area (Å²) in [4.78, 5) is 0. The Labute approximate surface area is 79.9 Å². The number of alkyl halides is 1. The molecule has 1 aromatic carbocycles. The molecule has 0 saturated carbocycles. The van der Waals surface area contributed by atoms with Crippen molar-refractivity contribution in [2.75, 3.05) is 7.11 Å². The average Bonchev–Trinajstić information content (AvgIpc) is 2.16. The summed E-state index contributed by atoms with van der Waals surface area (Å²) in [6.07, 6.45) is 0. The number of rotatable bonds is 2. The predicted octanol–water partition coefficient (Wildman–Crippen LogP) is 2.46. The van der Waals surface area contributed by atoms with Crippen LogP contribution in [0.1, 0.15) is 11.1 Å². The topological polar surface area (TPSA) is 33.0 Å². The SMILES string of the molecule is COc1cccc(CBr)c1C#N. The molecule has 0 unspecified atom stereocenters. The van der Waals surface area contributed by atoms with E-state index in [1.54, 1.807) is 13.2 Å². The van der Waals surface area contributed by atoms with Gasteiger partial charge >= 0.3 is 0 Å². The lowest BCUT2D eigenvalue weighted by molar-refractivity contribution is 0.413. The number of hydrogen-bond donors (Lipinski definition) is 0. The highest BCUT2D eigenvalue weighted by Gasteiger charge is 2.05.